The van der Waals surface area contributed by atoms with E-state index in [4.69, 9.17) is 0 Å². The molecule has 0 amide bonds. The Hall–Kier alpha value is 0.140. The van der Waals surface area contributed by atoms with Gasteiger partial charge in [0.05, 0.1) is 3.79 Å². The summed E-state index contributed by atoms with van der Waals surface area (Å²) in [5, 5.41) is 3.78. The predicted molar refractivity (Wildman–Crippen MR) is 82.2 cm³/mol. The zero-order valence-electron chi connectivity index (χ0n) is 10.8. The van der Waals surface area contributed by atoms with E-state index in [2.05, 4.69) is 33.4 Å². The summed E-state index contributed by atoms with van der Waals surface area (Å²) in [6, 6.07) is 5.20. The van der Waals surface area contributed by atoms with Gasteiger partial charge in [-0.1, -0.05) is 12.8 Å². The van der Waals surface area contributed by atoms with Crippen LogP contribution in [0.3, 0.4) is 0 Å². The van der Waals surface area contributed by atoms with Crippen LogP contribution >= 0.6 is 27.3 Å². The van der Waals surface area contributed by atoms with Gasteiger partial charge in [-0.25, -0.2) is 0 Å². The molecule has 2 fully saturated rings. The van der Waals surface area contributed by atoms with Gasteiger partial charge in [0, 0.05) is 17.5 Å². The van der Waals surface area contributed by atoms with Gasteiger partial charge in [0.25, 0.3) is 0 Å². The summed E-state index contributed by atoms with van der Waals surface area (Å²) in [6.07, 6.45) is 10.0. The van der Waals surface area contributed by atoms with Gasteiger partial charge in [-0.15, -0.1) is 11.3 Å². The molecular weight excluding hydrogens is 306 g/mol. The molecule has 1 heterocycles. The molecule has 1 aromatic rings. The molecular formula is C15H22BrNS. The molecule has 0 spiro atoms. The third kappa shape index (κ3) is 3.58. The fourth-order valence-corrected chi connectivity index (χ4v) is 4.78. The van der Waals surface area contributed by atoms with Crippen LogP contribution in [-0.2, 0) is 6.42 Å². The van der Waals surface area contributed by atoms with Gasteiger partial charge < -0.3 is 5.32 Å². The molecule has 1 nitrogen and oxygen atoms in total. The Kier molecular flexibility index (Phi) is 4.42. The van der Waals surface area contributed by atoms with Crippen molar-refractivity contribution in [3.05, 3.63) is 20.8 Å². The maximum Gasteiger partial charge on any atom is 0.0701 e. The lowest BCUT2D eigenvalue weighted by Gasteiger charge is -2.30. The molecule has 2 aliphatic carbocycles. The van der Waals surface area contributed by atoms with E-state index in [0.717, 1.165) is 24.4 Å². The molecule has 0 radical (unpaired) electrons. The first-order valence-electron chi connectivity index (χ1n) is 7.29. The van der Waals surface area contributed by atoms with Crippen LogP contribution in [0.5, 0.6) is 0 Å². The van der Waals surface area contributed by atoms with Crippen molar-refractivity contribution in [3.63, 3.8) is 0 Å². The summed E-state index contributed by atoms with van der Waals surface area (Å²) < 4.78 is 1.25. The Labute approximate surface area is 122 Å². The molecule has 1 N–H and O–H groups in total. The Morgan fingerprint density at radius 1 is 1.17 bits per heavy atom. The zero-order chi connectivity index (χ0) is 12.4. The second-order valence-electron chi connectivity index (χ2n) is 5.87. The molecule has 0 saturated heterocycles. The average Bonchev–Trinajstić information content (AvgIpc) is 3.14. The van der Waals surface area contributed by atoms with Crippen LogP contribution in [0.1, 0.15) is 43.4 Å². The van der Waals surface area contributed by atoms with Crippen molar-refractivity contribution in [1.29, 1.82) is 0 Å². The summed E-state index contributed by atoms with van der Waals surface area (Å²) in [5.41, 5.74) is 0. The number of nitrogens with one attached hydrogen (secondary N) is 1. The number of halogens is 1. The van der Waals surface area contributed by atoms with Crippen molar-refractivity contribution in [2.45, 2.75) is 51.0 Å². The number of hydrogen-bond acceptors (Lipinski definition) is 2. The largest absolute Gasteiger partial charge is 0.314 e. The minimum atomic E-state index is 0.799. The molecule has 18 heavy (non-hydrogen) atoms. The third-order valence-electron chi connectivity index (χ3n) is 4.44. The quantitative estimate of drug-likeness (QED) is 0.832. The van der Waals surface area contributed by atoms with Crippen molar-refractivity contribution in [2.24, 2.45) is 11.8 Å². The smallest absolute Gasteiger partial charge is 0.0701 e. The fraction of sp³-hybridized carbons (Fsp3) is 0.733. The van der Waals surface area contributed by atoms with Crippen molar-refractivity contribution in [3.8, 4) is 0 Å². The third-order valence-corrected chi connectivity index (χ3v) is 6.12. The molecule has 1 aromatic heterocycles. The Morgan fingerprint density at radius 3 is 2.78 bits per heavy atom. The summed E-state index contributed by atoms with van der Waals surface area (Å²) in [5.74, 6) is 2.15. The molecule has 0 aromatic carbocycles. The summed E-state index contributed by atoms with van der Waals surface area (Å²) in [6.45, 7) is 1.15. The van der Waals surface area contributed by atoms with Gasteiger partial charge in [0.2, 0.25) is 0 Å². The van der Waals surface area contributed by atoms with Crippen LogP contribution < -0.4 is 5.32 Å². The van der Waals surface area contributed by atoms with Crippen molar-refractivity contribution >= 4 is 27.3 Å². The highest BCUT2D eigenvalue weighted by Crippen LogP contribution is 2.43. The lowest BCUT2D eigenvalue weighted by molar-refractivity contribution is 0.262. The van der Waals surface area contributed by atoms with Gasteiger partial charge in [-0.2, -0.15) is 0 Å². The van der Waals surface area contributed by atoms with E-state index in [9.17, 15) is 0 Å². The summed E-state index contributed by atoms with van der Waals surface area (Å²) in [7, 11) is 0. The Morgan fingerprint density at radius 2 is 2.06 bits per heavy atom. The zero-order valence-corrected chi connectivity index (χ0v) is 13.2. The van der Waals surface area contributed by atoms with Crippen molar-refractivity contribution < 1.29 is 0 Å². The maximum atomic E-state index is 3.78. The van der Waals surface area contributed by atoms with Gasteiger partial charge in [0.15, 0.2) is 0 Å². The standard InChI is InChI=1S/C15H22BrNS/c16-15-7-6-14(18-15)8-9-17-13-3-1-2-12(10-13)11-4-5-11/h6-7,11-13,17H,1-5,8-10H2. The Balaban J connectivity index is 1.39. The lowest BCUT2D eigenvalue weighted by Crippen LogP contribution is -2.35. The minimum absolute atomic E-state index is 0.799. The van der Waals surface area contributed by atoms with Crippen molar-refractivity contribution in [2.75, 3.05) is 6.54 Å². The fourth-order valence-electron chi connectivity index (χ4n) is 3.29. The SMILES string of the molecule is Brc1ccc(CCNC2CCCC(C3CC3)C2)s1. The molecule has 0 bridgehead atoms. The maximum absolute atomic E-state index is 3.78. The van der Waals surface area contributed by atoms with Gasteiger partial charge in [-0.05, 0) is 72.0 Å². The van der Waals surface area contributed by atoms with Crippen LogP contribution in [0, 0.1) is 11.8 Å². The van der Waals surface area contributed by atoms with Crippen LogP contribution in [-0.4, -0.2) is 12.6 Å². The highest BCUT2D eigenvalue weighted by atomic mass is 79.9. The normalized spacial score (nSPS) is 28.5. The van der Waals surface area contributed by atoms with Gasteiger partial charge in [-0.3, -0.25) is 0 Å². The second-order valence-corrected chi connectivity index (χ2v) is 8.42. The first-order valence-corrected chi connectivity index (χ1v) is 8.90. The molecule has 0 aliphatic heterocycles. The van der Waals surface area contributed by atoms with Crippen LogP contribution in [0.4, 0.5) is 0 Å². The number of hydrogen-bond donors (Lipinski definition) is 1. The van der Waals surface area contributed by atoms with Gasteiger partial charge >= 0.3 is 0 Å². The first kappa shape index (κ1) is 13.1. The van der Waals surface area contributed by atoms with E-state index >= 15 is 0 Å². The summed E-state index contributed by atoms with van der Waals surface area (Å²) >= 11 is 5.40. The molecule has 3 rings (SSSR count). The van der Waals surface area contributed by atoms with E-state index in [1.165, 1.54) is 53.6 Å². The second kappa shape index (κ2) is 6.06. The van der Waals surface area contributed by atoms with E-state index in [1.54, 1.807) is 0 Å². The Bertz CT molecular complexity index is 386. The van der Waals surface area contributed by atoms with Crippen molar-refractivity contribution in [1.82, 2.24) is 5.32 Å². The van der Waals surface area contributed by atoms with Crippen LogP contribution in [0.2, 0.25) is 0 Å². The first-order chi connectivity index (χ1) is 8.81. The monoisotopic (exact) mass is 327 g/mol. The van der Waals surface area contributed by atoms with E-state index in [-0.39, 0.29) is 0 Å². The molecule has 2 unspecified atom stereocenters. The highest BCUT2D eigenvalue weighted by molar-refractivity contribution is 9.11. The van der Waals surface area contributed by atoms with Crippen LogP contribution in [0.15, 0.2) is 15.9 Å². The van der Waals surface area contributed by atoms with E-state index in [1.807, 2.05) is 11.3 Å². The molecule has 2 saturated carbocycles. The topological polar surface area (TPSA) is 12.0 Å². The van der Waals surface area contributed by atoms with Gasteiger partial charge in [0.1, 0.15) is 0 Å². The van der Waals surface area contributed by atoms with E-state index < -0.39 is 0 Å². The number of rotatable bonds is 5. The molecule has 3 heteroatoms. The molecule has 2 atom stereocenters. The molecule has 2 aliphatic rings. The lowest BCUT2D eigenvalue weighted by atomic mass is 9.83. The predicted octanol–water partition coefficient (Wildman–Crippen LogP) is 4.61. The average molecular weight is 328 g/mol. The van der Waals surface area contributed by atoms with E-state index in [0.29, 0.717) is 0 Å². The van der Waals surface area contributed by atoms with Crippen LogP contribution in [0.25, 0.3) is 0 Å². The summed E-state index contributed by atoms with van der Waals surface area (Å²) in [4.78, 5) is 1.49. The minimum Gasteiger partial charge on any atom is -0.314 e. The molecule has 100 valence electrons. The number of thiophene rings is 1. The highest BCUT2D eigenvalue weighted by Gasteiger charge is 2.34.